The van der Waals surface area contributed by atoms with Gasteiger partial charge in [-0.25, -0.2) is 4.79 Å². The SMILES string of the molecule is CC[C@@H](C)[C@@H](NC(=O)NC12CC3CC(CC(C3)C1)C2)C(=O)Nc1nnc(-c2ccccc2)s1. The highest BCUT2D eigenvalue weighted by atomic mass is 32.1. The van der Waals surface area contributed by atoms with Crippen LogP contribution in [0, 0.1) is 23.7 Å². The molecule has 33 heavy (non-hydrogen) atoms. The van der Waals surface area contributed by atoms with Gasteiger partial charge in [0.05, 0.1) is 0 Å². The molecule has 0 radical (unpaired) electrons. The number of rotatable bonds is 7. The Hall–Kier alpha value is -2.48. The first-order valence-electron chi connectivity index (χ1n) is 12.2. The number of hydrogen-bond donors (Lipinski definition) is 3. The molecule has 2 atom stereocenters. The molecular weight excluding hydrogens is 434 g/mol. The van der Waals surface area contributed by atoms with Crippen molar-refractivity contribution < 1.29 is 9.59 Å². The average molecular weight is 468 g/mol. The maximum atomic E-state index is 13.1. The Balaban J connectivity index is 1.23. The summed E-state index contributed by atoms with van der Waals surface area (Å²) < 4.78 is 0. The van der Waals surface area contributed by atoms with Gasteiger partial charge in [0.2, 0.25) is 11.0 Å². The Kier molecular flexibility index (Phi) is 6.12. The molecule has 3 N–H and O–H groups in total. The fraction of sp³-hybridized carbons (Fsp3) is 0.600. The third-order valence-electron chi connectivity index (χ3n) is 7.87. The number of nitrogens with one attached hydrogen (secondary N) is 3. The first-order chi connectivity index (χ1) is 15.9. The van der Waals surface area contributed by atoms with Crippen molar-refractivity contribution in [1.29, 1.82) is 0 Å². The molecular formula is C25H33N5O2S. The van der Waals surface area contributed by atoms with Gasteiger partial charge in [-0.2, -0.15) is 0 Å². The van der Waals surface area contributed by atoms with Crippen molar-refractivity contribution in [2.24, 2.45) is 23.7 Å². The van der Waals surface area contributed by atoms with Gasteiger partial charge in [0.15, 0.2) is 0 Å². The van der Waals surface area contributed by atoms with Gasteiger partial charge < -0.3 is 10.6 Å². The van der Waals surface area contributed by atoms with Gasteiger partial charge in [-0.05, 0) is 62.2 Å². The first-order valence-corrected chi connectivity index (χ1v) is 13.0. The molecule has 2 aromatic rings. The van der Waals surface area contributed by atoms with Crippen molar-refractivity contribution >= 4 is 28.4 Å². The van der Waals surface area contributed by atoms with Crippen molar-refractivity contribution in [2.75, 3.05) is 5.32 Å². The number of carbonyl (C=O) groups is 2. The number of anilines is 1. The Bertz CT molecular complexity index is 972. The van der Waals surface area contributed by atoms with Crippen LogP contribution in [0.4, 0.5) is 9.93 Å². The van der Waals surface area contributed by atoms with Gasteiger partial charge in [-0.15, -0.1) is 10.2 Å². The van der Waals surface area contributed by atoms with Crippen LogP contribution in [-0.4, -0.2) is 33.7 Å². The summed E-state index contributed by atoms with van der Waals surface area (Å²) in [7, 11) is 0. The van der Waals surface area contributed by atoms with Gasteiger partial charge in [0.25, 0.3) is 0 Å². The lowest BCUT2D eigenvalue weighted by Gasteiger charge is -2.56. The highest BCUT2D eigenvalue weighted by Gasteiger charge is 2.51. The van der Waals surface area contributed by atoms with Crippen LogP contribution >= 0.6 is 11.3 Å². The van der Waals surface area contributed by atoms with Gasteiger partial charge in [0, 0.05) is 11.1 Å². The average Bonchev–Trinajstić information content (AvgIpc) is 3.24. The number of benzene rings is 1. The third kappa shape index (κ3) is 4.76. The molecule has 0 aliphatic heterocycles. The summed E-state index contributed by atoms with van der Waals surface area (Å²) in [4.78, 5) is 26.2. The summed E-state index contributed by atoms with van der Waals surface area (Å²) in [6, 6.07) is 8.91. The number of amides is 3. The van der Waals surface area contributed by atoms with Crippen LogP contribution in [0.2, 0.25) is 0 Å². The van der Waals surface area contributed by atoms with E-state index in [2.05, 4.69) is 26.1 Å². The topological polar surface area (TPSA) is 96.0 Å². The molecule has 0 spiro atoms. The molecule has 6 rings (SSSR count). The molecule has 4 bridgehead atoms. The van der Waals surface area contributed by atoms with Gasteiger partial charge in [-0.3, -0.25) is 10.1 Å². The predicted octanol–water partition coefficient (Wildman–Crippen LogP) is 4.83. The van der Waals surface area contributed by atoms with E-state index in [0.29, 0.717) is 5.13 Å². The van der Waals surface area contributed by atoms with Crippen LogP contribution in [-0.2, 0) is 4.79 Å². The number of nitrogens with zero attached hydrogens (tertiary/aromatic N) is 2. The summed E-state index contributed by atoms with van der Waals surface area (Å²) in [5.74, 6) is 2.00. The Morgan fingerprint density at radius 2 is 1.70 bits per heavy atom. The zero-order valence-corrected chi connectivity index (χ0v) is 20.2. The fourth-order valence-corrected chi connectivity index (χ4v) is 7.29. The molecule has 4 fully saturated rings. The van der Waals surface area contributed by atoms with E-state index in [1.807, 2.05) is 44.2 Å². The molecule has 8 heteroatoms. The van der Waals surface area contributed by atoms with Crippen molar-refractivity contribution in [1.82, 2.24) is 20.8 Å². The molecule has 0 saturated heterocycles. The van der Waals surface area contributed by atoms with Crippen LogP contribution in [0.1, 0.15) is 58.8 Å². The molecule has 1 aromatic heterocycles. The number of carbonyl (C=O) groups excluding carboxylic acids is 2. The maximum Gasteiger partial charge on any atom is 0.315 e. The van der Waals surface area contributed by atoms with E-state index in [4.69, 9.17) is 0 Å². The lowest BCUT2D eigenvalue weighted by Crippen LogP contribution is -2.63. The Labute approximate surface area is 199 Å². The molecule has 1 aromatic carbocycles. The number of urea groups is 1. The van der Waals surface area contributed by atoms with Gasteiger partial charge in [-0.1, -0.05) is 61.9 Å². The summed E-state index contributed by atoms with van der Waals surface area (Å²) >= 11 is 1.33. The smallest absolute Gasteiger partial charge is 0.315 e. The van der Waals surface area contributed by atoms with E-state index in [1.54, 1.807) is 0 Å². The summed E-state index contributed by atoms with van der Waals surface area (Å²) in [5, 5.41) is 18.7. The minimum absolute atomic E-state index is 0.00590. The number of aromatic nitrogens is 2. The van der Waals surface area contributed by atoms with Crippen LogP contribution in [0.5, 0.6) is 0 Å². The van der Waals surface area contributed by atoms with E-state index >= 15 is 0 Å². The Morgan fingerprint density at radius 3 is 2.30 bits per heavy atom. The van der Waals surface area contributed by atoms with E-state index in [9.17, 15) is 9.59 Å². The molecule has 3 amide bonds. The minimum Gasteiger partial charge on any atom is -0.333 e. The van der Waals surface area contributed by atoms with Crippen LogP contribution in [0.25, 0.3) is 10.6 Å². The summed E-state index contributed by atoms with van der Waals surface area (Å²) in [6.45, 7) is 4.02. The lowest BCUT2D eigenvalue weighted by molar-refractivity contribution is -0.119. The van der Waals surface area contributed by atoms with E-state index < -0.39 is 6.04 Å². The monoisotopic (exact) mass is 467 g/mol. The zero-order chi connectivity index (χ0) is 23.0. The molecule has 4 aliphatic carbocycles. The predicted molar refractivity (Wildman–Crippen MR) is 130 cm³/mol. The van der Waals surface area contributed by atoms with Crippen molar-refractivity contribution in [3.8, 4) is 10.6 Å². The van der Waals surface area contributed by atoms with Gasteiger partial charge >= 0.3 is 6.03 Å². The minimum atomic E-state index is -0.631. The highest BCUT2D eigenvalue weighted by molar-refractivity contribution is 7.18. The normalized spacial score (nSPS) is 29.3. The number of hydrogen-bond acceptors (Lipinski definition) is 5. The summed E-state index contributed by atoms with van der Waals surface area (Å²) in [5.41, 5.74) is 0.876. The second-order valence-corrected chi connectivity index (χ2v) is 11.4. The van der Waals surface area contributed by atoms with Crippen molar-refractivity contribution in [3.05, 3.63) is 30.3 Å². The molecule has 4 saturated carbocycles. The van der Waals surface area contributed by atoms with Crippen LogP contribution < -0.4 is 16.0 Å². The molecule has 4 aliphatic rings. The quantitative estimate of drug-likeness (QED) is 0.544. The fourth-order valence-electron chi connectivity index (χ4n) is 6.54. The Morgan fingerprint density at radius 1 is 1.06 bits per heavy atom. The second kappa shape index (κ2) is 9.05. The van der Waals surface area contributed by atoms with E-state index in [-0.39, 0.29) is 23.4 Å². The molecule has 7 nitrogen and oxygen atoms in total. The lowest BCUT2D eigenvalue weighted by atomic mass is 9.53. The summed E-state index contributed by atoms with van der Waals surface area (Å²) in [6.07, 6.45) is 8.01. The highest BCUT2D eigenvalue weighted by Crippen LogP contribution is 2.55. The van der Waals surface area contributed by atoms with E-state index in [0.717, 1.165) is 54.0 Å². The standard InChI is InChI=1S/C25H33N5O2S/c1-3-15(2)20(21(31)27-24-30-29-22(33-24)19-7-5-4-6-8-19)26-23(32)28-25-12-16-9-17(13-25)11-18(10-16)14-25/h4-8,15-18,20H,3,9-14H2,1-2H3,(H2,26,28,32)(H,27,30,31)/t15-,16?,17?,18?,20-,25?/m1/s1. The van der Waals surface area contributed by atoms with Gasteiger partial charge in [0.1, 0.15) is 11.0 Å². The van der Waals surface area contributed by atoms with Crippen molar-refractivity contribution in [2.45, 2.75) is 70.4 Å². The van der Waals surface area contributed by atoms with E-state index in [1.165, 1.54) is 30.6 Å². The molecule has 176 valence electrons. The zero-order valence-electron chi connectivity index (χ0n) is 19.3. The maximum absolute atomic E-state index is 13.1. The van der Waals surface area contributed by atoms with Crippen molar-refractivity contribution in [3.63, 3.8) is 0 Å². The second-order valence-electron chi connectivity index (χ2n) is 10.4. The largest absolute Gasteiger partial charge is 0.333 e. The molecule has 0 unspecified atom stereocenters. The van der Waals surface area contributed by atoms with Crippen LogP contribution in [0.3, 0.4) is 0 Å². The third-order valence-corrected chi connectivity index (χ3v) is 8.76. The first kappa shape index (κ1) is 22.3. The van der Waals surface area contributed by atoms with Crippen LogP contribution in [0.15, 0.2) is 30.3 Å². The molecule has 1 heterocycles.